The van der Waals surface area contributed by atoms with Crippen LogP contribution >= 0.6 is 23.2 Å². The average molecular weight is 439 g/mol. The largest absolute Gasteiger partial charge is 0.456 e. The lowest BCUT2D eigenvalue weighted by atomic mass is 9.81. The predicted octanol–water partition coefficient (Wildman–Crippen LogP) is 2.90. The van der Waals surface area contributed by atoms with Gasteiger partial charge in [-0.3, -0.25) is 24.1 Å². The Labute approximate surface area is 177 Å². The molecule has 7 nitrogen and oxygen atoms in total. The number of carbonyl (C=O) groups excluding carboxylic acids is 4. The Bertz CT molecular complexity index is 862. The molecule has 0 aromatic heterocycles. The van der Waals surface area contributed by atoms with Crippen LogP contribution in [0, 0.1) is 23.7 Å². The van der Waals surface area contributed by atoms with E-state index in [0.29, 0.717) is 22.5 Å². The van der Waals surface area contributed by atoms with Crippen LogP contribution in [0.3, 0.4) is 0 Å². The third kappa shape index (κ3) is 3.73. The quantitative estimate of drug-likeness (QED) is 0.544. The van der Waals surface area contributed by atoms with E-state index in [4.69, 9.17) is 27.9 Å². The number of rotatable bonds is 6. The SMILES string of the molecule is O=C(COC(=O)CCN1C(=O)[C@H]2[C@H]3CC[C@@H](C3)[C@@H]2C1=O)Nc1cccc(Cl)c1Cl. The fourth-order valence-corrected chi connectivity index (χ4v) is 5.25. The van der Waals surface area contributed by atoms with Crippen molar-refractivity contribution in [3.05, 3.63) is 28.2 Å². The van der Waals surface area contributed by atoms with Crippen LogP contribution in [-0.4, -0.2) is 41.7 Å². The molecule has 1 aliphatic heterocycles. The van der Waals surface area contributed by atoms with Crippen LogP contribution in [0.25, 0.3) is 0 Å². The van der Waals surface area contributed by atoms with Gasteiger partial charge in [0.15, 0.2) is 6.61 Å². The Hall–Kier alpha value is -2.12. The minimum Gasteiger partial charge on any atom is -0.456 e. The summed E-state index contributed by atoms with van der Waals surface area (Å²) >= 11 is 11.9. The van der Waals surface area contributed by atoms with E-state index in [2.05, 4.69) is 5.32 Å². The van der Waals surface area contributed by atoms with Crippen molar-refractivity contribution in [2.75, 3.05) is 18.5 Å². The van der Waals surface area contributed by atoms with Crippen molar-refractivity contribution in [1.82, 2.24) is 4.90 Å². The molecule has 3 aliphatic rings. The number of fused-ring (bicyclic) bond motifs is 5. The third-order valence-electron chi connectivity index (χ3n) is 6.15. The van der Waals surface area contributed by atoms with E-state index >= 15 is 0 Å². The molecule has 29 heavy (non-hydrogen) atoms. The van der Waals surface area contributed by atoms with Gasteiger partial charge in [-0.25, -0.2) is 0 Å². The minimum absolute atomic E-state index is 0.00925. The Morgan fingerprint density at radius 2 is 1.76 bits per heavy atom. The van der Waals surface area contributed by atoms with Gasteiger partial charge in [-0.05, 0) is 43.2 Å². The molecule has 0 radical (unpaired) electrons. The van der Waals surface area contributed by atoms with Crippen molar-refractivity contribution >= 4 is 52.6 Å². The Morgan fingerprint density at radius 1 is 1.10 bits per heavy atom. The summed E-state index contributed by atoms with van der Waals surface area (Å²) in [6, 6.07) is 4.78. The Morgan fingerprint density at radius 3 is 2.41 bits per heavy atom. The number of nitrogens with one attached hydrogen (secondary N) is 1. The number of benzene rings is 1. The fraction of sp³-hybridized carbons (Fsp3) is 0.500. The monoisotopic (exact) mass is 438 g/mol. The van der Waals surface area contributed by atoms with E-state index in [9.17, 15) is 19.2 Å². The Kier molecular flexibility index (Phi) is 5.53. The molecule has 2 bridgehead atoms. The zero-order chi connectivity index (χ0) is 20.7. The van der Waals surface area contributed by atoms with E-state index in [1.807, 2.05) is 0 Å². The van der Waals surface area contributed by atoms with Crippen molar-refractivity contribution in [2.24, 2.45) is 23.7 Å². The van der Waals surface area contributed by atoms with Crippen LogP contribution in [0.1, 0.15) is 25.7 Å². The first-order valence-electron chi connectivity index (χ1n) is 9.61. The number of halogens is 2. The molecule has 0 spiro atoms. The zero-order valence-electron chi connectivity index (χ0n) is 15.5. The van der Waals surface area contributed by atoms with Gasteiger partial charge in [-0.2, -0.15) is 0 Å². The molecule has 0 unspecified atom stereocenters. The van der Waals surface area contributed by atoms with Crippen molar-refractivity contribution in [2.45, 2.75) is 25.7 Å². The van der Waals surface area contributed by atoms with E-state index in [0.717, 1.165) is 19.3 Å². The topological polar surface area (TPSA) is 92.8 Å². The summed E-state index contributed by atoms with van der Waals surface area (Å²) in [6.07, 6.45) is 2.84. The first kappa shape index (κ1) is 20.2. The third-order valence-corrected chi connectivity index (χ3v) is 6.97. The highest BCUT2D eigenvalue weighted by Gasteiger charge is 2.60. The molecule has 154 valence electrons. The van der Waals surface area contributed by atoms with Crippen LogP contribution in [0.4, 0.5) is 5.69 Å². The highest BCUT2D eigenvalue weighted by molar-refractivity contribution is 6.44. The number of likely N-dealkylation sites (tertiary alicyclic amines) is 1. The molecule has 1 aromatic carbocycles. The molecule has 3 fully saturated rings. The number of hydrogen-bond donors (Lipinski definition) is 1. The van der Waals surface area contributed by atoms with Gasteiger partial charge in [0.05, 0.1) is 34.0 Å². The number of amides is 3. The lowest BCUT2D eigenvalue weighted by Gasteiger charge is -2.19. The standard InChI is InChI=1S/C20H20Cl2N2O5/c21-12-2-1-3-13(18(12)22)23-14(25)9-29-15(26)6-7-24-19(27)16-10-4-5-11(8-10)17(16)20(24)28/h1-3,10-11,16-17H,4-9H2,(H,23,25)/t10-,11-,16-,17-/m0/s1. The second-order valence-corrected chi connectivity index (χ2v) is 8.56. The number of imide groups is 1. The zero-order valence-corrected chi connectivity index (χ0v) is 17.0. The van der Waals surface area contributed by atoms with Crippen molar-refractivity contribution in [1.29, 1.82) is 0 Å². The van der Waals surface area contributed by atoms with Crippen molar-refractivity contribution in [3.63, 3.8) is 0 Å². The highest BCUT2D eigenvalue weighted by atomic mass is 35.5. The maximum absolute atomic E-state index is 12.6. The summed E-state index contributed by atoms with van der Waals surface area (Å²) in [5.41, 5.74) is 0.314. The number of nitrogens with zero attached hydrogens (tertiary/aromatic N) is 1. The molecule has 1 saturated heterocycles. The van der Waals surface area contributed by atoms with Gasteiger partial charge in [0.2, 0.25) is 11.8 Å². The molecule has 2 aliphatic carbocycles. The molecule has 3 amide bonds. The molecule has 1 aromatic rings. The second-order valence-electron chi connectivity index (χ2n) is 7.77. The van der Waals surface area contributed by atoms with Crippen LogP contribution in [0.2, 0.25) is 10.0 Å². The summed E-state index contributed by atoms with van der Waals surface area (Å²) in [5, 5.41) is 3.00. The van der Waals surface area contributed by atoms with Crippen LogP contribution in [0.15, 0.2) is 18.2 Å². The van der Waals surface area contributed by atoms with Gasteiger partial charge in [-0.1, -0.05) is 29.3 Å². The number of esters is 1. The lowest BCUT2D eigenvalue weighted by molar-refractivity contribution is -0.149. The molecule has 1 heterocycles. The van der Waals surface area contributed by atoms with Crippen molar-refractivity contribution < 1.29 is 23.9 Å². The van der Waals surface area contributed by atoms with E-state index in [1.165, 1.54) is 4.90 Å². The normalized spacial score (nSPS) is 27.3. The van der Waals surface area contributed by atoms with Crippen LogP contribution < -0.4 is 5.32 Å². The summed E-state index contributed by atoms with van der Waals surface area (Å²) < 4.78 is 4.95. The Balaban J connectivity index is 1.24. The first-order valence-corrected chi connectivity index (χ1v) is 10.4. The molecular weight excluding hydrogens is 419 g/mol. The summed E-state index contributed by atoms with van der Waals surface area (Å²) in [5.74, 6) is -1.33. The minimum atomic E-state index is -0.655. The first-order chi connectivity index (χ1) is 13.9. The van der Waals surface area contributed by atoms with Gasteiger partial charge in [0.25, 0.3) is 5.91 Å². The fourth-order valence-electron chi connectivity index (χ4n) is 4.90. The van der Waals surface area contributed by atoms with Gasteiger partial charge >= 0.3 is 5.97 Å². The second kappa shape index (κ2) is 7.95. The molecule has 4 atom stereocenters. The molecule has 9 heteroatoms. The highest BCUT2D eigenvalue weighted by Crippen LogP contribution is 2.56. The molecule has 4 rings (SSSR count). The molecule has 2 saturated carbocycles. The number of carbonyl (C=O) groups is 4. The summed E-state index contributed by atoms with van der Waals surface area (Å²) in [7, 11) is 0. The van der Waals surface area contributed by atoms with Gasteiger partial charge in [0, 0.05) is 6.54 Å². The van der Waals surface area contributed by atoms with Crippen LogP contribution in [-0.2, 0) is 23.9 Å². The number of hydrogen-bond acceptors (Lipinski definition) is 5. The maximum Gasteiger partial charge on any atom is 0.308 e. The van der Waals surface area contributed by atoms with Crippen molar-refractivity contribution in [3.8, 4) is 0 Å². The van der Waals surface area contributed by atoms with E-state index in [-0.39, 0.29) is 41.6 Å². The predicted molar refractivity (Wildman–Crippen MR) is 105 cm³/mol. The molecule has 1 N–H and O–H groups in total. The average Bonchev–Trinajstić information content (AvgIpc) is 3.37. The number of anilines is 1. The van der Waals surface area contributed by atoms with E-state index in [1.54, 1.807) is 18.2 Å². The van der Waals surface area contributed by atoms with Gasteiger partial charge in [-0.15, -0.1) is 0 Å². The maximum atomic E-state index is 12.6. The smallest absolute Gasteiger partial charge is 0.308 e. The van der Waals surface area contributed by atoms with Crippen LogP contribution in [0.5, 0.6) is 0 Å². The molecular formula is C20H20Cl2N2O5. The van der Waals surface area contributed by atoms with E-state index < -0.39 is 18.5 Å². The van der Waals surface area contributed by atoms with Gasteiger partial charge < -0.3 is 10.1 Å². The lowest BCUT2D eigenvalue weighted by Crippen LogP contribution is -2.35. The number of ether oxygens (including phenoxy) is 1. The van der Waals surface area contributed by atoms with Gasteiger partial charge in [0.1, 0.15) is 0 Å². The summed E-state index contributed by atoms with van der Waals surface area (Å²) in [4.78, 5) is 50.3. The summed E-state index contributed by atoms with van der Waals surface area (Å²) in [6.45, 7) is -0.510.